The molecule has 1 unspecified atom stereocenters. The molecular weight excluding hydrogens is 245 g/mol. The van der Waals surface area contributed by atoms with Gasteiger partial charge in [0.1, 0.15) is 11.6 Å². The highest BCUT2D eigenvalue weighted by Gasteiger charge is 2.33. The van der Waals surface area contributed by atoms with Crippen LogP contribution >= 0.6 is 0 Å². The van der Waals surface area contributed by atoms with Crippen molar-refractivity contribution >= 4 is 0 Å². The van der Waals surface area contributed by atoms with Gasteiger partial charge in [-0.2, -0.15) is 0 Å². The van der Waals surface area contributed by atoms with E-state index in [2.05, 4.69) is 18.7 Å². The second-order valence-electron chi connectivity index (χ2n) is 5.84. The van der Waals surface area contributed by atoms with E-state index in [1.165, 1.54) is 12.1 Å². The van der Waals surface area contributed by atoms with Crippen LogP contribution in [0.4, 0.5) is 4.39 Å². The van der Waals surface area contributed by atoms with Crippen LogP contribution in [0.15, 0.2) is 18.2 Å². The highest BCUT2D eigenvalue weighted by atomic mass is 19.1. The molecule has 0 aromatic heterocycles. The quantitative estimate of drug-likeness (QED) is 0.913. The summed E-state index contributed by atoms with van der Waals surface area (Å²) in [6.45, 7) is 5.52. The van der Waals surface area contributed by atoms with Gasteiger partial charge in [-0.05, 0) is 44.9 Å². The fourth-order valence-electron chi connectivity index (χ4n) is 2.63. The Morgan fingerprint density at radius 2 is 2.21 bits per heavy atom. The number of rotatable bonds is 3. The molecule has 1 aliphatic heterocycles. The van der Waals surface area contributed by atoms with E-state index in [0.717, 1.165) is 18.4 Å². The van der Waals surface area contributed by atoms with Gasteiger partial charge in [0.05, 0.1) is 13.2 Å². The first-order chi connectivity index (χ1) is 8.92. The number of aliphatic hydroxyl groups is 1. The zero-order chi connectivity index (χ0) is 14.0. The van der Waals surface area contributed by atoms with Gasteiger partial charge in [0.15, 0.2) is 0 Å². The van der Waals surface area contributed by atoms with Crippen molar-refractivity contribution in [3.63, 3.8) is 0 Å². The number of likely N-dealkylation sites (tertiary alicyclic amines) is 1. The molecule has 0 aliphatic carbocycles. The normalized spacial score (nSPS) is 23.3. The topological polar surface area (TPSA) is 32.7 Å². The van der Waals surface area contributed by atoms with Crippen LogP contribution in [-0.4, -0.2) is 35.3 Å². The van der Waals surface area contributed by atoms with Gasteiger partial charge in [0.2, 0.25) is 0 Å². The van der Waals surface area contributed by atoms with Gasteiger partial charge in [-0.25, -0.2) is 4.39 Å². The molecule has 0 bridgehead atoms. The Morgan fingerprint density at radius 3 is 2.89 bits per heavy atom. The molecule has 19 heavy (non-hydrogen) atoms. The molecular formula is C15H22FNO2. The van der Waals surface area contributed by atoms with E-state index in [1.807, 2.05) is 0 Å². The van der Waals surface area contributed by atoms with Gasteiger partial charge in [-0.15, -0.1) is 0 Å². The Kier molecular flexibility index (Phi) is 4.11. The van der Waals surface area contributed by atoms with Crippen molar-refractivity contribution in [2.75, 3.05) is 13.7 Å². The minimum absolute atomic E-state index is 0.0105. The monoisotopic (exact) mass is 267 g/mol. The Bertz CT molecular complexity index is 448. The number of hydrogen-bond acceptors (Lipinski definition) is 3. The molecule has 1 aliphatic rings. The number of methoxy groups -OCH3 is 1. The van der Waals surface area contributed by atoms with Gasteiger partial charge < -0.3 is 9.84 Å². The number of ether oxygens (including phenoxy) is 1. The molecule has 4 heteroatoms. The van der Waals surface area contributed by atoms with Crippen LogP contribution in [-0.2, 0) is 6.54 Å². The fourth-order valence-corrected chi connectivity index (χ4v) is 2.63. The second-order valence-corrected chi connectivity index (χ2v) is 5.84. The molecule has 1 atom stereocenters. The predicted molar refractivity (Wildman–Crippen MR) is 72.7 cm³/mol. The van der Waals surface area contributed by atoms with Gasteiger partial charge in [-0.1, -0.05) is 0 Å². The molecule has 3 nitrogen and oxygen atoms in total. The van der Waals surface area contributed by atoms with Gasteiger partial charge in [0, 0.05) is 24.2 Å². The summed E-state index contributed by atoms with van der Waals surface area (Å²) in [5.41, 5.74) is 0.834. The van der Waals surface area contributed by atoms with Crippen LogP contribution in [0.3, 0.4) is 0 Å². The molecule has 0 radical (unpaired) electrons. The lowest BCUT2D eigenvalue weighted by molar-refractivity contribution is -0.00997. The molecule has 1 fully saturated rings. The SMILES string of the molecule is COc1ccc(F)cc1CN1CC(O)CCC1(C)C. The van der Waals surface area contributed by atoms with E-state index < -0.39 is 0 Å². The smallest absolute Gasteiger partial charge is 0.123 e. The summed E-state index contributed by atoms with van der Waals surface area (Å²) < 4.78 is 18.7. The maximum atomic E-state index is 13.4. The van der Waals surface area contributed by atoms with E-state index >= 15 is 0 Å². The third-order valence-electron chi connectivity index (χ3n) is 3.98. The van der Waals surface area contributed by atoms with Crippen molar-refractivity contribution in [2.24, 2.45) is 0 Å². The van der Waals surface area contributed by atoms with E-state index in [9.17, 15) is 9.50 Å². The number of piperidine rings is 1. The highest BCUT2D eigenvalue weighted by Crippen LogP contribution is 2.31. The second kappa shape index (κ2) is 5.47. The van der Waals surface area contributed by atoms with Crippen LogP contribution < -0.4 is 4.74 Å². The molecule has 106 valence electrons. The largest absolute Gasteiger partial charge is 0.496 e. The van der Waals surface area contributed by atoms with Crippen molar-refractivity contribution in [3.8, 4) is 5.75 Å². The van der Waals surface area contributed by atoms with Crippen molar-refractivity contribution in [1.29, 1.82) is 0 Å². The number of benzene rings is 1. The standard InChI is InChI=1S/C15H22FNO2/c1-15(2)7-6-13(18)10-17(15)9-11-8-12(16)4-5-14(11)19-3/h4-5,8,13,18H,6-7,9-10H2,1-3H3. The first-order valence-corrected chi connectivity index (χ1v) is 6.68. The van der Waals surface area contributed by atoms with E-state index in [1.54, 1.807) is 13.2 Å². The van der Waals surface area contributed by atoms with Crippen LogP contribution in [0.2, 0.25) is 0 Å². The molecule has 1 aromatic rings. The average molecular weight is 267 g/mol. The summed E-state index contributed by atoms with van der Waals surface area (Å²) in [5, 5.41) is 9.82. The summed E-state index contributed by atoms with van der Waals surface area (Å²) >= 11 is 0. The third-order valence-corrected chi connectivity index (χ3v) is 3.98. The van der Waals surface area contributed by atoms with E-state index in [-0.39, 0.29) is 17.5 Å². The molecule has 0 saturated carbocycles. The number of halogens is 1. The maximum absolute atomic E-state index is 13.4. The van der Waals surface area contributed by atoms with Crippen molar-refractivity contribution in [1.82, 2.24) is 4.90 Å². The molecule has 1 heterocycles. The Balaban J connectivity index is 2.21. The van der Waals surface area contributed by atoms with Gasteiger partial charge in [0.25, 0.3) is 0 Å². The first kappa shape index (κ1) is 14.3. The third kappa shape index (κ3) is 3.25. The summed E-state index contributed by atoms with van der Waals surface area (Å²) in [7, 11) is 1.59. The van der Waals surface area contributed by atoms with Crippen molar-refractivity contribution in [3.05, 3.63) is 29.6 Å². The average Bonchev–Trinajstić information content (AvgIpc) is 2.35. The molecule has 0 amide bonds. The lowest BCUT2D eigenvalue weighted by Gasteiger charge is -2.44. The molecule has 1 aromatic carbocycles. The molecule has 2 rings (SSSR count). The Hall–Kier alpha value is -1.13. The van der Waals surface area contributed by atoms with Crippen molar-refractivity contribution < 1.29 is 14.2 Å². The summed E-state index contributed by atoms with van der Waals surface area (Å²) in [5.74, 6) is 0.434. The molecule has 1 saturated heterocycles. The number of aliphatic hydroxyl groups excluding tert-OH is 1. The van der Waals surface area contributed by atoms with Crippen molar-refractivity contribution in [2.45, 2.75) is 44.9 Å². The number of hydrogen-bond donors (Lipinski definition) is 1. The summed E-state index contributed by atoms with van der Waals surface area (Å²) in [6.07, 6.45) is 1.46. The van der Waals surface area contributed by atoms with Gasteiger partial charge in [-0.3, -0.25) is 4.90 Å². The number of nitrogens with zero attached hydrogens (tertiary/aromatic N) is 1. The van der Waals surface area contributed by atoms with Crippen LogP contribution in [0, 0.1) is 5.82 Å². The zero-order valence-electron chi connectivity index (χ0n) is 11.8. The maximum Gasteiger partial charge on any atom is 0.123 e. The number of β-amino-alcohol motifs (C(OH)–C–C–N with tert-alkyl or cyclic N) is 1. The Labute approximate surface area is 114 Å². The minimum atomic E-state index is -0.299. The molecule has 1 N–H and O–H groups in total. The first-order valence-electron chi connectivity index (χ1n) is 6.68. The van der Waals surface area contributed by atoms with Crippen LogP contribution in [0.5, 0.6) is 5.75 Å². The van der Waals surface area contributed by atoms with Gasteiger partial charge >= 0.3 is 0 Å². The van der Waals surface area contributed by atoms with E-state index in [0.29, 0.717) is 18.8 Å². The van der Waals surface area contributed by atoms with Crippen LogP contribution in [0.1, 0.15) is 32.3 Å². The van der Waals surface area contributed by atoms with Crippen LogP contribution in [0.25, 0.3) is 0 Å². The fraction of sp³-hybridized carbons (Fsp3) is 0.600. The summed E-state index contributed by atoms with van der Waals surface area (Å²) in [6, 6.07) is 4.56. The minimum Gasteiger partial charge on any atom is -0.496 e. The molecule has 0 spiro atoms. The summed E-state index contributed by atoms with van der Waals surface area (Å²) in [4.78, 5) is 2.19. The van der Waals surface area contributed by atoms with E-state index in [4.69, 9.17) is 4.74 Å². The zero-order valence-corrected chi connectivity index (χ0v) is 11.8. The highest BCUT2D eigenvalue weighted by molar-refractivity contribution is 5.34. The lowest BCUT2D eigenvalue weighted by Crippen LogP contribution is -2.51. The lowest BCUT2D eigenvalue weighted by atomic mass is 9.88. The predicted octanol–water partition coefficient (Wildman–Crippen LogP) is 2.57. The Morgan fingerprint density at radius 1 is 1.47 bits per heavy atom.